The first-order valence-electron chi connectivity index (χ1n) is 15.2. The Labute approximate surface area is 217 Å². The van der Waals surface area contributed by atoms with Crippen LogP contribution in [0.5, 0.6) is 0 Å². The Kier molecular flexibility index (Phi) is 34.6. The maximum atomic E-state index is 10.2. The van der Waals surface area contributed by atoms with Crippen molar-refractivity contribution in [2.75, 3.05) is 0 Å². The van der Waals surface area contributed by atoms with E-state index in [1.807, 2.05) is 0 Å². The van der Waals surface area contributed by atoms with Crippen LogP contribution >= 0.6 is 0 Å². The molecule has 33 heavy (non-hydrogen) atoms. The van der Waals surface area contributed by atoms with E-state index < -0.39 is 25.7 Å². The molecule has 199 valence electrons. The van der Waals surface area contributed by atoms with Crippen LogP contribution in [0.4, 0.5) is 0 Å². The molecule has 0 aliphatic carbocycles. The van der Waals surface area contributed by atoms with Gasteiger partial charge in [-0.1, -0.05) is 58.3 Å². The standard InChI is InChI=1S/C12H24O2.3C6H13.Sn/c1-2-3-4-5-6-7-8-9-10-11-12(13)14;3*1-3-5-6-4-2;/h2-11H2,1H3,(H,13,14);3*1,3-6H2,2H3;. The minimum atomic E-state index is -0.948. The van der Waals surface area contributed by atoms with E-state index in [0.29, 0.717) is 6.42 Å². The Balaban J connectivity index is 0. The summed E-state index contributed by atoms with van der Waals surface area (Å²) < 4.78 is 5.13. The Morgan fingerprint density at radius 2 is 0.727 bits per heavy atom. The topological polar surface area (TPSA) is 37.3 Å². The zero-order valence-corrected chi connectivity index (χ0v) is 26.4. The van der Waals surface area contributed by atoms with Gasteiger partial charge in [-0.05, 0) is 6.42 Å². The average Bonchev–Trinajstić information content (AvgIpc) is 2.81. The van der Waals surface area contributed by atoms with Crippen molar-refractivity contribution in [3.05, 3.63) is 0 Å². The maximum absolute atomic E-state index is 10.2. The summed E-state index contributed by atoms with van der Waals surface area (Å²) in [5.41, 5.74) is 0. The van der Waals surface area contributed by atoms with E-state index in [2.05, 4.69) is 27.7 Å². The Morgan fingerprint density at radius 1 is 0.455 bits per heavy atom. The number of carbonyl (C=O) groups is 1. The van der Waals surface area contributed by atoms with E-state index >= 15 is 0 Å². The van der Waals surface area contributed by atoms with Gasteiger partial charge in [0.15, 0.2) is 0 Å². The van der Waals surface area contributed by atoms with Crippen LogP contribution in [0.15, 0.2) is 0 Å². The van der Waals surface area contributed by atoms with Crippen molar-refractivity contribution in [1.82, 2.24) is 0 Å². The van der Waals surface area contributed by atoms with Gasteiger partial charge in [0.1, 0.15) is 0 Å². The molecule has 0 aromatic heterocycles. The number of rotatable bonds is 25. The van der Waals surface area contributed by atoms with Crippen LogP contribution in [0.1, 0.15) is 169 Å². The average molecular weight is 575 g/mol. The number of hydrogen-bond donors (Lipinski definition) is 1. The fourth-order valence-corrected chi connectivity index (χ4v) is 12.9. The molecule has 0 spiro atoms. The van der Waals surface area contributed by atoms with Crippen molar-refractivity contribution in [2.45, 2.75) is 182 Å². The minimum absolute atomic E-state index is 0.343. The van der Waals surface area contributed by atoms with Crippen molar-refractivity contribution in [1.29, 1.82) is 0 Å². The van der Waals surface area contributed by atoms with Crippen molar-refractivity contribution < 1.29 is 9.90 Å². The summed E-state index contributed by atoms with van der Waals surface area (Å²) in [4.78, 5) is 10.2. The number of hydrogen-bond acceptors (Lipinski definition) is 1. The van der Waals surface area contributed by atoms with Gasteiger partial charge < -0.3 is 5.11 Å². The van der Waals surface area contributed by atoms with Gasteiger partial charge in [0.25, 0.3) is 0 Å². The molecule has 2 nitrogen and oxygen atoms in total. The predicted octanol–water partition coefficient (Wildman–Crippen LogP) is 11.2. The fourth-order valence-electron chi connectivity index (χ4n) is 4.37. The zero-order chi connectivity index (χ0) is 24.8. The van der Waals surface area contributed by atoms with Crippen LogP contribution in [-0.4, -0.2) is 30.8 Å². The second-order valence-electron chi connectivity index (χ2n) is 10.2. The quantitative estimate of drug-likeness (QED) is 0.0870. The third-order valence-electron chi connectivity index (χ3n) is 6.65. The summed E-state index contributed by atoms with van der Waals surface area (Å²) in [5.74, 6) is -0.659. The summed E-state index contributed by atoms with van der Waals surface area (Å²) in [6.07, 6.45) is 29.4. The van der Waals surface area contributed by atoms with Crippen LogP contribution in [0, 0.1) is 0 Å². The van der Waals surface area contributed by atoms with Gasteiger partial charge in [-0.15, -0.1) is 0 Å². The molecule has 3 heteroatoms. The molecule has 0 amide bonds. The molecule has 0 aliphatic heterocycles. The van der Waals surface area contributed by atoms with Crippen molar-refractivity contribution in [3.8, 4) is 0 Å². The molecule has 0 aromatic carbocycles. The molecule has 0 atom stereocenters. The molecule has 0 rings (SSSR count). The van der Waals surface area contributed by atoms with Crippen LogP contribution in [0.25, 0.3) is 0 Å². The summed E-state index contributed by atoms with van der Waals surface area (Å²) in [7, 11) is 0. The van der Waals surface area contributed by atoms with E-state index in [0.717, 1.165) is 12.8 Å². The van der Waals surface area contributed by atoms with Crippen LogP contribution in [-0.2, 0) is 4.79 Å². The van der Waals surface area contributed by atoms with Gasteiger partial charge >= 0.3 is 137 Å². The Bertz CT molecular complexity index is 331. The van der Waals surface area contributed by atoms with Crippen LogP contribution in [0.3, 0.4) is 0 Å². The summed E-state index contributed by atoms with van der Waals surface area (Å²) >= 11 is -0.948. The number of carboxylic acid groups (broad SMARTS) is 1. The molecule has 0 aromatic rings. The van der Waals surface area contributed by atoms with E-state index in [-0.39, 0.29) is 0 Å². The first-order valence-corrected chi connectivity index (χ1v) is 21.2. The number of unbranched alkanes of at least 4 members (excludes halogenated alkanes) is 17. The van der Waals surface area contributed by atoms with Gasteiger partial charge in [0.05, 0.1) is 0 Å². The molecule has 0 fully saturated rings. The van der Waals surface area contributed by atoms with Crippen molar-refractivity contribution in [2.24, 2.45) is 0 Å². The van der Waals surface area contributed by atoms with E-state index in [1.54, 1.807) is 32.6 Å². The summed E-state index contributed by atoms with van der Waals surface area (Å²) in [5, 5.41) is 8.41. The Morgan fingerprint density at radius 3 is 1.03 bits per heavy atom. The first kappa shape index (κ1) is 35.4. The molecular formula is C30H63O2Sn. The second kappa shape index (κ2) is 32.3. The predicted molar refractivity (Wildman–Crippen MR) is 152 cm³/mol. The van der Waals surface area contributed by atoms with Gasteiger partial charge in [0, 0.05) is 6.42 Å². The first-order chi connectivity index (χ1) is 16.1. The number of aliphatic carboxylic acids is 1. The normalized spacial score (nSPS) is 10.9. The van der Waals surface area contributed by atoms with E-state index in [1.165, 1.54) is 103 Å². The Hall–Kier alpha value is 0.269. The van der Waals surface area contributed by atoms with Crippen molar-refractivity contribution >= 4 is 25.7 Å². The third-order valence-corrected chi connectivity index (χ3v) is 15.7. The summed E-state index contributed by atoms with van der Waals surface area (Å²) in [6, 6.07) is 0. The SMILES string of the molecule is CCCCCCCCCCCC(=O)O.CCCCC[CH2][Sn]([CH2]CCCCC)[CH2]CCCCC. The molecule has 0 unspecified atom stereocenters. The van der Waals surface area contributed by atoms with Gasteiger partial charge in [-0.25, -0.2) is 0 Å². The molecule has 1 radical (unpaired) electrons. The van der Waals surface area contributed by atoms with Gasteiger partial charge in [-0.3, -0.25) is 4.79 Å². The molecular weight excluding hydrogens is 511 g/mol. The van der Waals surface area contributed by atoms with Crippen molar-refractivity contribution in [3.63, 3.8) is 0 Å². The third kappa shape index (κ3) is 34.5. The molecule has 0 saturated carbocycles. The number of carboxylic acids is 1. The van der Waals surface area contributed by atoms with E-state index in [4.69, 9.17) is 5.11 Å². The van der Waals surface area contributed by atoms with Gasteiger partial charge in [-0.2, -0.15) is 0 Å². The monoisotopic (exact) mass is 575 g/mol. The molecule has 0 heterocycles. The molecule has 1 N–H and O–H groups in total. The molecule has 0 saturated heterocycles. The fraction of sp³-hybridized carbons (Fsp3) is 0.967. The second-order valence-corrected chi connectivity index (χ2v) is 18.7. The zero-order valence-electron chi connectivity index (χ0n) is 23.5. The van der Waals surface area contributed by atoms with E-state index in [9.17, 15) is 4.79 Å². The van der Waals surface area contributed by atoms with Crippen LogP contribution in [0.2, 0.25) is 13.3 Å². The molecule has 0 bridgehead atoms. The van der Waals surface area contributed by atoms with Crippen LogP contribution < -0.4 is 0 Å². The summed E-state index contributed by atoms with van der Waals surface area (Å²) in [6.45, 7) is 9.21. The molecule has 0 aliphatic rings. The van der Waals surface area contributed by atoms with Gasteiger partial charge in [0.2, 0.25) is 0 Å².